The van der Waals surface area contributed by atoms with Crippen LogP contribution in [0.25, 0.3) is 22.0 Å². The van der Waals surface area contributed by atoms with Crippen LogP contribution in [-0.2, 0) is 0 Å². The zero-order valence-electron chi connectivity index (χ0n) is 14.7. The van der Waals surface area contributed by atoms with Crippen LogP contribution < -0.4 is 15.8 Å². The number of carbonyl (C=O) groups is 1. The normalized spacial score (nSPS) is 14.0. The van der Waals surface area contributed by atoms with Gasteiger partial charge in [-0.2, -0.15) is 0 Å². The molecule has 1 amide bonds. The first kappa shape index (κ1) is 17.1. The lowest BCUT2D eigenvalue weighted by molar-refractivity contribution is 0.0912. The highest BCUT2D eigenvalue weighted by Gasteiger charge is 2.24. The Bertz CT molecular complexity index is 1040. The van der Waals surface area contributed by atoms with E-state index in [2.05, 4.69) is 20.5 Å². The average Bonchev–Trinajstić information content (AvgIpc) is 2.64. The maximum absolute atomic E-state index is 14.7. The van der Waals surface area contributed by atoms with Crippen molar-refractivity contribution in [2.24, 2.45) is 0 Å². The van der Waals surface area contributed by atoms with Crippen LogP contribution in [-0.4, -0.2) is 34.2 Å². The standard InChI is InChI=1S/C19H18FN5O2/c1-27-19-11(6-3-9-22-19)14-13(20)8-7-12-15(21)17(25-24-16(12)14)18(26)23-10-4-2-5-10/h3,6-10H,2,4-5H2,1H3,(H2,21,24)(H,23,26). The van der Waals surface area contributed by atoms with Crippen molar-refractivity contribution in [3.8, 4) is 17.0 Å². The summed E-state index contributed by atoms with van der Waals surface area (Å²) in [4.78, 5) is 16.5. The molecule has 0 saturated heterocycles. The van der Waals surface area contributed by atoms with Crippen molar-refractivity contribution < 1.29 is 13.9 Å². The minimum atomic E-state index is -0.505. The first-order valence-corrected chi connectivity index (χ1v) is 8.64. The number of methoxy groups -OCH3 is 1. The van der Waals surface area contributed by atoms with E-state index in [1.807, 2.05) is 0 Å². The van der Waals surface area contributed by atoms with Gasteiger partial charge in [0.1, 0.15) is 11.3 Å². The first-order chi connectivity index (χ1) is 13.1. The molecule has 1 fully saturated rings. The van der Waals surface area contributed by atoms with Crippen molar-refractivity contribution >= 4 is 22.5 Å². The van der Waals surface area contributed by atoms with Gasteiger partial charge in [0.25, 0.3) is 5.91 Å². The first-order valence-electron chi connectivity index (χ1n) is 8.64. The SMILES string of the molecule is COc1ncccc1-c1c(F)ccc2c(N)c(C(=O)NC3CCC3)nnc12. The zero-order valence-corrected chi connectivity index (χ0v) is 14.7. The second-order valence-corrected chi connectivity index (χ2v) is 6.44. The monoisotopic (exact) mass is 367 g/mol. The molecule has 1 aliphatic rings. The number of nitrogens with zero attached hydrogens (tertiary/aromatic N) is 3. The Balaban J connectivity index is 1.85. The summed E-state index contributed by atoms with van der Waals surface area (Å²) in [5.41, 5.74) is 7.27. The van der Waals surface area contributed by atoms with Gasteiger partial charge in [0, 0.05) is 23.2 Å². The Morgan fingerprint density at radius 1 is 1.30 bits per heavy atom. The Morgan fingerprint density at radius 3 is 2.81 bits per heavy atom. The molecule has 3 N–H and O–H groups in total. The van der Waals surface area contributed by atoms with Crippen molar-refractivity contribution in [1.29, 1.82) is 0 Å². The molecule has 2 aromatic heterocycles. The molecule has 3 aromatic rings. The van der Waals surface area contributed by atoms with Crippen LogP contribution in [0.4, 0.5) is 10.1 Å². The Labute approximate surface area is 154 Å². The van der Waals surface area contributed by atoms with E-state index in [9.17, 15) is 9.18 Å². The van der Waals surface area contributed by atoms with Gasteiger partial charge in [-0.05, 0) is 43.5 Å². The quantitative estimate of drug-likeness (QED) is 0.735. The number of nitrogens with one attached hydrogen (secondary N) is 1. The number of aromatic nitrogens is 3. The van der Waals surface area contributed by atoms with Crippen molar-refractivity contribution in [3.63, 3.8) is 0 Å². The third-order valence-electron chi connectivity index (χ3n) is 4.81. The third-order valence-corrected chi connectivity index (χ3v) is 4.81. The minimum absolute atomic E-state index is 0.0464. The summed E-state index contributed by atoms with van der Waals surface area (Å²) in [5.74, 6) is -0.610. The van der Waals surface area contributed by atoms with Gasteiger partial charge < -0.3 is 15.8 Å². The number of benzene rings is 1. The molecule has 138 valence electrons. The predicted molar refractivity (Wildman–Crippen MR) is 98.8 cm³/mol. The molecule has 1 aliphatic carbocycles. The fraction of sp³-hybridized carbons (Fsp3) is 0.263. The number of nitrogen functional groups attached to an aromatic ring is 1. The van der Waals surface area contributed by atoms with E-state index in [4.69, 9.17) is 10.5 Å². The molecule has 0 spiro atoms. The van der Waals surface area contributed by atoms with Gasteiger partial charge in [0.15, 0.2) is 5.69 Å². The molecule has 8 heteroatoms. The van der Waals surface area contributed by atoms with Crippen LogP contribution >= 0.6 is 0 Å². The molecular formula is C19H18FN5O2. The summed E-state index contributed by atoms with van der Waals surface area (Å²) >= 11 is 0. The van der Waals surface area contributed by atoms with E-state index in [1.165, 1.54) is 19.2 Å². The molecule has 2 heterocycles. The molecule has 27 heavy (non-hydrogen) atoms. The molecule has 0 radical (unpaired) electrons. The number of pyridine rings is 1. The van der Waals surface area contributed by atoms with Crippen molar-refractivity contribution in [2.45, 2.75) is 25.3 Å². The number of halogens is 1. The second kappa shape index (κ2) is 6.79. The number of amides is 1. The Morgan fingerprint density at radius 2 is 2.11 bits per heavy atom. The number of ether oxygens (including phenoxy) is 1. The summed E-state index contributed by atoms with van der Waals surface area (Å²) < 4.78 is 19.9. The maximum atomic E-state index is 14.7. The molecule has 7 nitrogen and oxygen atoms in total. The smallest absolute Gasteiger partial charge is 0.274 e. The number of carbonyl (C=O) groups excluding carboxylic acids is 1. The zero-order chi connectivity index (χ0) is 19.0. The molecule has 0 aliphatic heterocycles. The molecule has 1 saturated carbocycles. The highest BCUT2D eigenvalue weighted by atomic mass is 19.1. The van der Waals surface area contributed by atoms with E-state index >= 15 is 0 Å². The maximum Gasteiger partial charge on any atom is 0.274 e. The Kier molecular flexibility index (Phi) is 4.31. The lowest BCUT2D eigenvalue weighted by Crippen LogP contribution is -2.40. The predicted octanol–water partition coefficient (Wildman–Crippen LogP) is 2.70. The van der Waals surface area contributed by atoms with E-state index < -0.39 is 5.82 Å². The van der Waals surface area contributed by atoms with E-state index in [1.54, 1.807) is 18.3 Å². The van der Waals surface area contributed by atoms with Crippen LogP contribution in [0.1, 0.15) is 29.8 Å². The third kappa shape index (κ3) is 2.92. The van der Waals surface area contributed by atoms with Crippen LogP contribution in [0.15, 0.2) is 30.5 Å². The van der Waals surface area contributed by atoms with E-state index in [0.29, 0.717) is 10.9 Å². The second-order valence-electron chi connectivity index (χ2n) is 6.44. The summed E-state index contributed by atoms with van der Waals surface area (Å²) in [7, 11) is 1.46. The molecule has 1 aromatic carbocycles. The summed E-state index contributed by atoms with van der Waals surface area (Å²) in [5, 5.41) is 11.4. The topological polar surface area (TPSA) is 103 Å². The van der Waals surface area contributed by atoms with E-state index in [0.717, 1.165) is 19.3 Å². The number of rotatable bonds is 4. The molecule has 0 unspecified atom stereocenters. The largest absolute Gasteiger partial charge is 0.481 e. The van der Waals surface area contributed by atoms with Gasteiger partial charge in [-0.1, -0.05) is 0 Å². The summed E-state index contributed by atoms with van der Waals surface area (Å²) in [6.07, 6.45) is 4.54. The number of anilines is 1. The van der Waals surface area contributed by atoms with E-state index in [-0.39, 0.29) is 40.3 Å². The average molecular weight is 367 g/mol. The lowest BCUT2D eigenvalue weighted by Gasteiger charge is -2.26. The van der Waals surface area contributed by atoms with Crippen LogP contribution in [0.3, 0.4) is 0 Å². The van der Waals surface area contributed by atoms with Crippen LogP contribution in [0, 0.1) is 5.82 Å². The molecular weight excluding hydrogens is 349 g/mol. The summed E-state index contributed by atoms with van der Waals surface area (Å²) in [6, 6.07) is 6.29. The van der Waals surface area contributed by atoms with Crippen molar-refractivity contribution in [1.82, 2.24) is 20.5 Å². The van der Waals surface area contributed by atoms with Crippen LogP contribution in [0.2, 0.25) is 0 Å². The number of fused-ring (bicyclic) bond motifs is 1. The number of nitrogens with two attached hydrogens (primary N) is 1. The minimum Gasteiger partial charge on any atom is -0.481 e. The number of hydrogen-bond donors (Lipinski definition) is 2. The lowest BCUT2D eigenvalue weighted by atomic mass is 9.93. The van der Waals surface area contributed by atoms with Gasteiger partial charge in [-0.25, -0.2) is 9.37 Å². The van der Waals surface area contributed by atoms with Crippen molar-refractivity contribution in [3.05, 3.63) is 42.0 Å². The van der Waals surface area contributed by atoms with Gasteiger partial charge in [-0.15, -0.1) is 10.2 Å². The molecule has 0 bridgehead atoms. The highest BCUT2D eigenvalue weighted by molar-refractivity contribution is 6.07. The molecule has 4 rings (SSSR count). The van der Waals surface area contributed by atoms with Crippen molar-refractivity contribution in [2.75, 3.05) is 12.8 Å². The number of hydrogen-bond acceptors (Lipinski definition) is 6. The van der Waals surface area contributed by atoms with Gasteiger partial charge in [0.05, 0.1) is 18.4 Å². The van der Waals surface area contributed by atoms with Gasteiger partial charge >= 0.3 is 0 Å². The fourth-order valence-corrected chi connectivity index (χ4v) is 3.14. The highest BCUT2D eigenvalue weighted by Crippen LogP contribution is 2.36. The van der Waals surface area contributed by atoms with Gasteiger partial charge in [0.2, 0.25) is 5.88 Å². The summed E-state index contributed by atoms with van der Waals surface area (Å²) in [6.45, 7) is 0. The van der Waals surface area contributed by atoms with Gasteiger partial charge in [-0.3, -0.25) is 4.79 Å². The van der Waals surface area contributed by atoms with Crippen LogP contribution in [0.5, 0.6) is 5.88 Å². The Hall–Kier alpha value is -3.29. The fourth-order valence-electron chi connectivity index (χ4n) is 3.14. The molecule has 0 atom stereocenters.